The summed E-state index contributed by atoms with van der Waals surface area (Å²) in [6.45, 7) is 2.23. The van der Waals surface area contributed by atoms with Gasteiger partial charge in [-0.2, -0.15) is 0 Å². The van der Waals surface area contributed by atoms with E-state index in [9.17, 15) is 19.2 Å². The third-order valence-corrected chi connectivity index (χ3v) is 6.86. The summed E-state index contributed by atoms with van der Waals surface area (Å²) in [5.74, 6) is -4.46. The zero-order chi connectivity index (χ0) is 22.6. The topological polar surface area (TPSA) is 120 Å². The van der Waals surface area contributed by atoms with E-state index in [4.69, 9.17) is 18.9 Å². The lowest BCUT2D eigenvalue weighted by atomic mass is 9.64. The minimum Gasteiger partial charge on any atom is -0.447 e. The molecule has 0 amide bonds. The van der Waals surface area contributed by atoms with Crippen LogP contribution in [0.1, 0.15) is 44.6 Å². The van der Waals surface area contributed by atoms with Crippen LogP contribution >= 0.6 is 0 Å². The molecule has 3 atom stereocenters. The van der Waals surface area contributed by atoms with Gasteiger partial charge < -0.3 is 18.9 Å². The molecule has 32 heavy (non-hydrogen) atoms. The average Bonchev–Trinajstić information content (AvgIpc) is 3.13. The molecule has 4 heterocycles. The number of nitrogens with zero attached hydrogens (tertiary/aromatic N) is 1. The number of benzene rings is 1. The molecular weight excluding hydrogens is 420 g/mol. The van der Waals surface area contributed by atoms with Crippen molar-refractivity contribution in [3.63, 3.8) is 0 Å². The predicted molar refractivity (Wildman–Crippen MR) is 105 cm³/mol. The van der Waals surface area contributed by atoms with Crippen molar-refractivity contribution in [3.05, 3.63) is 35.9 Å². The molecule has 10 nitrogen and oxygen atoms in total. The maximum atomic E-state index is 12.7. The van der Waals surface area contributed by atoms with Crippen molar-refractivity contribution < 1.29 is 38.1 Å². The minimum absolute atomic E-state index is 0.144. The van der Waals surface area contributed by atoms with Crippen LogP contribution in [0, 0.1) is 0 Å². The third-order valence-electron chi connectivity index (χ3n) is 6.86. The number of carbonyl (C=O) groups is 4. The summed E-state index contributed by atoms with van der Waals surface area (Å²) >= 11 is 0. The first kappa shape index (κ1) is 20.9. The standard InChI is InChI=1S/C22H24N2O8/c1-20-21(11-12-23-19(21)29-15(25)7-8-16(26)30-20)24(13-14-5-3-2-4-6-14)22(20)31-17(27)9-10-18(28)32-22/h2-6,19,23H,7-13H2,1H3/t19?,20-,21-/m0/s1. The van der Waals surface area contributed by atoms with Gasteiger partial charge in [0.1, 0.15) is 5.54 Å². The van der Waals surface area contributed by atoms with Crippen LogP contribution in [0.15, 0.2) is 30.3 Å². The molecule has 0 aliphatic carbocycles. The highest BCUT2D eigenvalue weighted by atomic mass is 16.8. The van der Waals surface area contributed by atoms with Crippen LogP contribution in [0.5, 0.6) is 0 Å². The van der Waals surface area contributed by atoms with Crippen molar-refractivity contribution in [2.24, 2.45) is 0 Å². The quantitative estimate of drug-likeness (QED) is 0.516. The summed E-state index contributed by atoms with van der Waals surface area (Å²) < 4.78 is 23.2. The molecule has 10 heteroatoms. The normalized spacial score (nSPS) is 34.3. The second kappa shape index (κ2) is 7.28. The van der Waals surface area contributed by atoms with Gasteiger partial charge in [0, 0.05) is 13.1 Å². The summed E-state index contributed by atoms with van der Waals surface area (Å²) in [6, 6.07) is 9.34. The zero-order valence-corrected chi connectivity index (χ0v) is 17.6. The highest BCUT2D eigenvalue weighted by Gasteiger charge is 2.88. The Hall–Kier alpha value is -2.98. The van der Waals surface area contributed by atoms with Gasteiger partial charge >= 0.3 is 29.8 Å². The van der Waals surface area contributed by atoms with Crippen LogP contribution in [0.3, 0.4) is 0 Å². The van der Waals surface area contributed by atoms with Crippen LogP contribution in [0.4, 0.5) is 0 Å². The summed E-state index contributed by atoms with van der Waals surface area (Å²) in [6.07, 6.45) is -1.09. The van der Waals surface area contributed by atoms with Gasteiger partial charge in [-0.05, 0) is 18.9 Å². The van der Waals surface area contributed by atoms with E-state index >= 15 is 0 Å². The third kappa shape index (κ3) is 2.79. The van der Waals surface area contributed by atoms with Crippen molar-refractivity contribution in [1.82, 2.24) is 10.2 Å². The first-order valence-corrected chi connectivity index (χ1v) is 10.7. The smallest absolute Gasteiger partial charge is 0.364 e. The monoisotopic (exact) mass is 444 g/mol. The molecule has 4 aliphatic rings. The molecule has 4 aliphatic heterocycles. The molecule has 1 unspecified atom stereocenters. The largest absolute Gasteiger partial charge is 0.447 e. The molecule has 0 saturated carbocycles. The van der Waals surface area contributed by atoms with E-state index in [1.54, 1.807) is 11.8 Å². The van der Waals surface area contributed by atoms with E-state index in [1.165, 1.54) is 0 Å². The van der Waals surface area contributed by atoms with Gasteiger partial charge in [-0.15, -0.1) is 0 Å². The van der Waals surface area contributed by atoms with Gasteiger partial charge in [0.15, 0.2) is 6.23 Å². The Morgan fingerprint density at radius 3 is 2.16 bits per heavy atom. The number of rotatable bonds is 2. The molecule has 0 bridgehead atoms. The number of likely N-dealkylation sites (tertiary alicyclic amines) is 1. The molecule has 0 radical (unpaired) electrons. The Labute approximate surface area is 184 Å². The summed E-state index contributed by atoms with van der Waals surface area (Å²) in [5.41, 5.74) is -1.88. The van der Waals surface area contributed by atoms with E-state index in [0.29, 0.717) is 13.0 Å². The van der Waals surface area contributed by atoms with Crippen molar-refractivity contribution >= 4 is 23.9 Å². The maximum absolute atomic E-state index is 12.7. The van der Waals surface area contributed by atoms with Crippen LogP contribution < -0.4 is 5.32 Å². The number of esters is 4. The molecule has 1 N–H and O–H groups in total. The lowest BCUT2D eigenvalue weighted by Gasteiger charge is -2.70. The summed E-state index contributed by atoms with van der Waals surface area (Å²) in [5, 5.41) is 3.17. The zero-order valence-electron chi connectivity index (χ0n) is 17.6. The SMILES string of the molecule is C[C@]12OC(=O)CCC(=O)OC3NCC[C@]31N(Cc1ccccc1)C21OC(=O)CCC(=O)O1. The van der Waals surface area contributed by atoms with E-state index < -0.39 is 47.2 Å². The van der Waals surface area contributed by atoms with Crippen molar-refractivity contribution in [2.75, 3.05) is 6.54 Å². The van der Waals surface area contributed by atoms with Crippen LogP contribution in [0.2, 0.25) is 0 Å². The minimum atomic E-state index is -1.98. The van der Waals surface area contributed by atoms with Crippen molar-refractivity contribution in [3.8, 4) is 0 Å². The van der Waals surface area contributed by atoms with E-state index in [0.717, 1.165) is 5.56 Å². The van der Waals surface area contributed by atoms with Gasteiger partial charge in [-0.1, -0.05) is 30.3 Å². The lowest BCUT2D eigenvalue weighted by Crippen LogP contribution is -2.94. The van der Waals surface area contributed by atoms with Gasteiger partial charge in [-0.25, -0.2) is 4.90 Å². The molecule has 4 saturated heterocycles. The fourth-order valence-corrected chi connectivity index (χ4v) is 5.37. The Kier molecular flexibility index (Phi) is 4.75. The van der Waals surface area contributed by atoms with Gasteiger partial charge in [0.05, 0.1) is 25.7 Å². The Morgan fingerprint density at radius 1 is 0.906 bits per heavy atom. The highest BCUT2D eigenvalue weighted by Crippen LogP contribution is 2.62. The fourth-order valence-electron chi connectivity index (χ4n) is 5.37. The first-order valence-electron chi connectivity index (χ1n) is 10.7. The second-order valence-electron chi connectivity index (χ2n) is 8.61. The molecule has 2 spiro atoms. The Balaban J connectivity index is 1.68. The molecule has 4 fully saturated rings. The predicted octanol–water partition coefficient (Wildman–Crippen LogP) is 0.733. The highest BCUT2D eigenvalue weighted by molar-refractivity contribution is 5.82. The summed E-state index contributed by atoms with van der Waals surface area (Å²) in [4.78, 5) is 51.9. The molecule has 1 aromatic carbocycles. The van der Waals surface area contributed by atoms with Gasteiger partial charge in [0.25, 0.3) is 0 Å². The van der Waals surface area contributed by atoms with Crippen molar-refractivity contribution in [1.29, 1.82) is 0 Å². The van der Waals surface area contributed by atoms with E-state index in [-0.39, 0.29) is 32.2 Å². The van der Waals surface area contributed by atoms with Crippen LogP contribution in [-0.2, 0) is 44.7 Å². The van der Waals surface area contributed by atoms with Crippen LogP contribution in [-0.4, -0.2) is 58.6 Å². The number of fused-ring (bicyclic) bond motifs is 1. The second-order valence-corrected chi connectivity index (χ2v) is 8.61. The van der Waals surface area contributed by atoms with Gasteiger partial charge in [-0.3, -0.25) is 24.5 Å². The average molecular weight is 444 g/mol. The number of hydrogen-bond donors (Lipinski definition) is 1. The van der Waals surface area contributed by atoms with E-state index in [2.05, 4.69) is 5.32 Å². The Bertz CT molecular complexity index is 963. The molecule has 1 aromatic rings. The fraction of sp³-hybridized carbons (Fsp3) is 0.545. The number of hydrogen-bond acceptors (Lipinski definition) is 10. The molecular formula is C22H24N2O8. The van der Waals surface area contributed by atoms with Crippen molar-refractivity contribution in [2.45, 2.75) is 68.9 Å². The maximum Gasteiger partial charge on any atom is 0.364 e. The Morgan fingerprint density at radius 2 is 1.50 bits per heavy atom. The summed E-state index contributed by atoms with van der Waals surface area (Å²) in [7, 11) is 0. The van der Waals surface area contributed by atoms with E-state index in [1.807, 2.05) is 30.3 Å². The van der Waals surface area contributed by atoms with Crippen LogP contribution in [0.25, 0.3) is 0 Å². The molecule has 0 aromatic heterocycles. The number of carbonyl (C=O) groups excluding carboxylic acids is 4. The number of nitrogens with one attached hydrogen (secondary N) is 1. The lowest BCUT2D eigenvalue weighted by molar-refractivity contribution is -0.474. The molecule has 170 valence electrons. The number of ether oxygens (including phenoxy) is 4. The first-order chi connectivity index (χ1) is 15.3. The molecule has 5 rings (SSSR count). The van der Waals surface area contributed by atoms with Gasteiger partial charge in [0.2, 0.25) is 5.60 Å².